The number of hydrogen-bond acceptors (Lipinski definition) is 7. The van der Waals surface area contributed by atoms with Gasteiger partial charge in [0, 0.05) is 17.1 Å². The number of benzene rings is 1. The molecule has 2 N–H and O–H groups in total. The third-order valence-corrected chi connectivity index (χ3v) is 12.9. The van der Waals surface area contributed by atoms with Crippen LogP contribution in [-0.4, -0.2) is 111 Å². The molecule has 0 saturated carbocycles. The number of carboxylic acid groups (broad SMARTS) is 1. The standard InChI is InChI=1S/C32H41N5O5S2/c1-20-25(28(32(41)42)35-27(20)26(21(2)39)29(35)40)24-17-34-19-33(30(43-3)31(34)44-24)16-22-5-4-6-23(15-22)18-37-10-7-36(8-11-37,9-12-37)13-14-38/h4-6,15,17,19-21,26-27,38-39H,7-14,16,18H2,1-3H3/q+2/t20-,21+,26+,27+,36?,37?/m0/s1. The molecule has 1 aromatic carbocycles. The lowest BCUT2D eigenvalue weighted by Gasteiger charge is -2.55. The second-order valence-corrected chi connectivity index (χ2v) is 15.1. The molecule has 8 rings (SSSR count). The van der Waals surface area contributed by atoms with Crippen molar-refractivity contribution < 1.29 is 38.4 Å². The highest BCUT2D eigenvalue weighted by Crippen LogP contribution is 2.51. The molecule has 12 heteroatoms. The number of quaternary nitrogens is 2. The summed E-state index contributed by atoms with van der Waals surface area (Å²) >= 11 is 3.20. The molecule has 0 unspecified atom stereocenters. The number of imidazole rings is 1. The van der Waals surface area contributed by atoms with E-state index >= 15 is 0 Å². The Labute approximate surface area is 265 Å². The van der Waals surface area contributed by atoms with Gasteiger partial charge in [-0.2, -0.15) is 4.40 Å². The number of nitrogens with zero attached hydrogens (tertiary/aromatic N) is 5. The van der Waals surface area contributed by atoms with Crippen LogP contribution in [0.15, 0.2) is 47.5 Å². The highest BCUT2D eigenvalue weighted by molar-refractivity contribution is 7.98. The molecule has 4 atom stereocenters. The van der Waals surface area contributed by atoms with Gasteiger partial charge in [0.2, 0.25) is 15.8 Å². The van der Waals surface area contributed by atoms with Gasteiger partial charge in [-0.1, -0.05) is 48.2 Å². The number of aliphatic carboxylic acids is 1. The fourth-order valence-corrected chi connectivity index (χ4v) is 10.6. The number of carbonyl (C=O) groups is 2. The van der Waals surface area contributed by atoms with E-state index in [0.717, 1.165) is 63.0 Å². The van der Waals surface area contributed by atoms with Gasteiger partial charge in [-0.25, -0.2) is 4.57 Å². The minimum absolute atomic E-state index is 0.0591. The van der Waals surface area contributed by atoms with Gasteiger partial charge in [0.1, 0.15) is 65.1 Å². The zero-order valence-corrected chi connectivity index (χ0v) is 27.1. The van der Waals surface area contributed by atoms with Crippen LogP contribution >= 0.6 is 23.1 Å². The zero-order valence-electron chi connectivity index (χ0n) is 25.5. The van der Waals surface area contributed by atoms with E-state index in [1.165, 1.54) is 47.0 Å². The van der Waals surface area contributed by atoms with Crippen LogP contribution in [0.2, 0.25) is 0 Å². The summed E-state index contributed by atoms with van der Waals surface area (Å²) < 4.78 is 6.54. The summed E-state index contributed by atoms with van der Waals surface area (Å²) in [7, 11) is 0. The largest absolute Gasteiger partial charge is 0.543 e. The van der Waals surface area contributed by atoms with Crippen molar-refractivity contribution in [3.8, 4) is 0 Å². The Morgan fingerprint density at radius 1 is 1.18 bits per heavy atom. The minimum Gasteiger partial charge on any atom is -0.543 e. The number of thiazole rings is 1. The number of carboxylic acids is 1. The Hall–Kier alpha value is -2.74. The highest BCUT2D eigenvalue weighted by Gasteiger charge is 2.59. The third-order valence-electron chi connectivity index (χ3n) is 10.8. The fraction of sp³-hybridized carbons (Fsp3) is 0.531. The molecule has 44 heavy (non-hydrogen) atoms. The molecule has 234 valence electrons. The van der Waals surface area contributed by atoms with Gasteiger partial charge in [0.25, 0.3) is 6.33 Å². The average Bonchev–Trinajstić information content (AvgIpc) is 3.61. The smallest absolute Gasteiger partial charge is 0.250 e. The molecule has 10 nitrogen and oxygen atoms in total. The van der Waals surface area contributed by atoms with E-state index in [1.54, 1.807) is 18.7 Å². The van der Waals surface area contributed by atoms with Crippen molar-refractivity contribution in [3.63, 3.8) is 0 Å². The molecule has 5 aliphatic heterocycles. The number of rotatable bonds is 10. The second-order valence-electron chi connectivity index (χ2n) is 13.3. The van der Waals surface area contributed by atoms with E-state index in [1.807, 2.05) is 13.1 Å². The van der Waals surface area contributed by atoms with Crippen molar-refractivity contribution >= 4 is 45.4 Å². The Kier molecular flexibility index (Phi) is 7.46. The summed E-state index contributed by atoms with van der Waals surface area (Å²) in [6, 6.07) is 8.58. The SMILES string of the molecule is CSc1c2sc(C3=C(C(=O)[O-])N4C(=O)[C@H]([C@@H](C)O)[C@H]4[C@H]3C)cn2c[n+]1Cc1cccc(C[N+]23CC[N+](CCO)(CC2)CC3)c1. The number of hydrogen-bond donors (Lipinski definition) is 2. The fourth-order valence-electron chi connectivity index (χ4n) is 8.40. The number of piperazine rings is 3. The van der Waals surface area contributed by atoms with Crippen LogP contribution in [0.5, 0.6) is 0 Å². The van der Waals surface area contributed by atoms with Crippen LogP contribution in [0.4, 0.5) is 0 Å². The molecule has 0 spiro atoms. The molecule has 0 radical (unpaired) electrons. The van der Waals surface area contributed by atoms with Crippen molar-refractivity contribution in [2.45, 2.75) is 44.1 Å². The summed E-state index contributed by atoms with van der Waals surface area (Å²) in [5, 5.41) is 33.1. The number of aromatic nitrogens is 2. The first kappa shape index (κ1) is 29.9. The van der Waals surface area contributed by atoms with E-state index in [9.17, 15) is 24.9 Å². The van der Waals surface area contributed by atoms with Crippen molar-refractivity contribution in [3.05, 3.63) is 58.5 Å². The van der Waals surface area contributed by atoms with Crippen molar-refractivity contribution in [1.82, 2.24) is 9.30 Å². The van der Waals surface area contributed by atoms with E-state index in [-0.39, 0.29) is 30.2 Å². The minimum atomic E-state index is -1.35. The van der Waals surface area contributed by atoms with Gasteiger partial charge in [-0.05, 0) is 24.8 Å². The van der Waals surface area contributed by atoms with E-state index in [0.29, 0.717) is 5.57 Å². The third kappa shape index (κ3) is 4.64. The van der Waals surface area contributed by atoms with Gasteiger partial charge in [0.15, 0.2) is 0 Å². The highest BCUT2D eigenvalue weighted by atomic mass is 32.2. The summed E-state index contributed by atoms with van der Waals surface area (Å²) in [6.07, 6.45) is 5.25. The number of thioether (sulfide) groups is 1. The number of amides is 1. The van der Waals surface area contributed by atoms with E-state index < -0.39 is 18.0 Å². The van der Waals surface area contributed by atoms with Crippen LogP contribution in [0.25, 0.3) is 10.4 Å². The Balaban J connectivity index is 1.13. The molecule has 4 saturated heterocycles. The molecule has 5 aliphatic rings. The first-order chi connectivity index (χ1) is 21.1. The van der Waals surface area contributed by atoms with Crippen LogP contribution in [0.3, 0.4) is 0 Å². The van der Waals surface area contributed by atoms with E-state index in [2.05, 4.69) is 45.8 Å². The molecule has 3 aromatic rings. The monoisotopic (exact) mass is 639 g/mol. The maximum atomic E-state index is 12.8. The zero-order chi connectivity index (χ0) is 31.0. The predicted octanol–water partition coefficient (Wildman–Crippen LogP) is 0.530. The predicted molar refractivity (Wildman–Crippen MR) is 165 cm³/mol. The van der Waals surface area contributed by atoms with Gasteiger partial charge in [-0.15, -0.1) is 0 Å². The Morgan fingerprint density at radius 3 is 2.50 bits per heavy atom. The number of carbonyl (C=O) groups excluding carboxylic acids is 2. The lowest BCUT2D eigenvalue weighted by atomic mass is 9.77. The van der Waals surface area contributed by atoms with Crippen molar-refractivity contribution in [2.75, 3.05) is 58.7 Å². The number of aliphatic hydroxyl groups excluding tert-OH is 2. The topological polar surface area (TPSA) is 109 Å². The summed E-state index contributed by atoms with van der Waals surface area (Å²) in [5.74, 6) is -2.53. The van der Waals surface area contributed by atoms with Gasteiger partial charge < -0.3 is 34.0 Å². The number of aliphatic hydroxyl groups is 2. The summed E-state index contributed by atoms with van der Waals surface area (Å²) in [5.41, 5.74) is 3.17. The van der Waals surface area contributed by atoms with Crippen LogP contribution in [0, 0.1) is 11.8 Å². The number of fused-ring (bicyclic) bond motifs is 5. The van der Waals surface area contributed by atoms with Gasteiger partial charge >= 0.3 is 0 Å². The first-order valence-corrected chi connectivity index (χ1v) is 17.6. The maximum absolute atomic E-state index is 12.8. The summed E-state index contributed by atoms with van der Waals surface area (Å²) in [4.78, 5) is 28.2. The molecule has 4 fully saturated rings. The summed E-state index contributed by atoms with van der Waals surface area (Å²) in [6.45, 7) is 13.5. The normalized spacial score (nSPS) is 30.2. The van der Waals surface area contributed by atoms with E-state index in [4.69, 9.17) is 0 Å². The lowest BCUT2D eigenvalue weighted by Crippen LogP contribution is -2.74. The van der Waals surface area contributed by atoms with Crippen molar-refractivity contribution in [2.24, 2.45) is 11.8 Å². The molecule has 7 heterocycles. The average molecular weight is 640 g/mol. The van der Waals surface area contributed by atoms with Gasteiger partial charge in [-0.3, -0.25) is 4.79 Å². The molecule has 2 bridgehead atoms. The van der Waals surface area contributed by atoms with Crippen LogP contribution < -0.4 is 9.67 Å². The maximum Gasteiger partial charge on any atom is 0.250 e. The molecule has 2 aromatic heterocycles. The number of β-lactam (4-membered cyclic amide) rings is 1. The first-order valence-electron chi connectivity index (χ1n) is 15.5. The van der Waals surface area contributed by atoms with Crippen molar-refractivity contribution in [1.29, 1.82) is 0 Å². The second kappa shape index (κ2) is 11.0. The quantitative estimate of drug-likeness (QED) is 0.145. The van der Waals surface area contributed by atoms with Crippen LogP contribution in [0.1, 0.15) is 29.9 Å². The Morgan fingerprint density at radius 2 is 1.86 bits per heavy atom. The molecular weight excluding hydrogens is 599 g/mol. The van der Waals surface area contributed by atoms with Crippen LogP contribution in [-0.2, 0) is 22.7 Å². The van der Waals surface area contributed by atoms with Gasteiger partial charge in [0.05, 0.1) is 41.2 Å². The molecule has 1 amide bonds. The molecule has 0 aliphatic carbocycles. The Bertz CT molecular complexity index is 1650. The molecular formula is C32H41N5O5S2+2. The lowest BCUT2D eigenvalue weighted by molar-refractivity contribution is -1.09.